The lowest BCUT2D eigenvalue weighted by molar-refractivity contribution is 0.176. The molecule has 1 aromatic carbocycles. The minimum Gasteiger partial charge on any atom is -0.314 e. The maximum atomic E-state index is 4.66. The van der Waals surface area contributed by atoms with Gasteiger partial charge in [0.2, 0.25) is 0 Å². The van der Waals surface area contributed by atoms with Crippen molar-refractivity contribution >= 4 is 11.7 Å². The average molecular weight is 360 g/mol. The SMILES string of the molecule is c1ccc(-n2cc(C3=NNC4C5CCCCC5n5cncc5N34)nn2)cc1. The van der Waals surface area contributed by atoms with Crippen molar-refractivity contribution in [3.8, 4) is 5.69 Å². The molecule has 136 valence electrons. The van der Waals surface area contributed by atoms with Crippen molar-refractivity contribution in [1.29, 1.82) is 0 Å². The van der Waals surface area contributed by atoms with Crippen LogP contribution in [0.5, 0.6) is 0 Å². The summed E-state index contributed by atoms with van der Waals surface area (Å²) in [4.78, 5) is 6.68. The highest BCUT2D eigenvalue weighted by molar-refractivity contribution is 6.09. The number of imidazole rings is 1. The number of anilines is 1. The van der Waals surface area contributed by atoms with Gasteiger partial charge >= 0.3 is 0 Å². The number of hydrazone groups is 1. The topological polar surface area (TPSA) is 76.2 Å². The van der Waals surface area contributed by atoms with Crippen molar-refractivity contribution in [3.05, 3.63) is 54.7 Å². The highest BCUT2D eigenvalue weighted by atomic mass is 15.6. The molecule has 6 rings (SSSR count). The monoisotopic (exact) mass is 360 g/mol. The fourth-order valence-electron chi connectivity index (χ4n) is 4.76. The first kappa shape index (κ1) is 15.0. The maximum Gasteiger partial charge on any atom is 0.185 e. The number of rotatable bonds is 2. The molecule has 3 unspecified atom stereocenters. The maximum absolute atomic E-state index is 4.66. The molecule has 1 N–H and O–H groups in total. The largest absolute Gasteiger partial charge is 0.314 e. The first-order valence-corrected chi connectivity index (χ1v) is 9.52. The summed E-state index contributed by atoms with van der Waals surface area (Å²) in [5.74, 6) is 2.42. The van der Waals surface area contributed by atoms with Crippen LogP contribution in [0.25, 0.3) is 5.69 Å². The van der Waals surface area contributed by atoms with Gasteiger partial charge in [0.25, 0.3) is 0 Å². The summed E-state index contributed by atoms with van der Waals surface area (Å²) in [6, 6.07) is 10.5. The number of nitrogens with one attached hydrogen (secondary N) is 1. The Morgan fingerprint density at radius 2 is 1.96 bits per heavy atom. The Morgan fingerprint density at radius 1 is 1.07 bits per heavy atom. The first-order valence-electron chi connectivity index (χ1n) is 9.52. The van der Waals surface area contributed by atoms with Crippen molar-refractivity contribution < 1.29 is 0 Å². The van der Waals surface area contributed by atoms with Gasteiger partial charge < -0.3 is 4.57 Å². The van der Waals surface area contributed by atoms with E-state index in [0.717, 1.165) is 23.0 Å². The Balaban J connectivity index is 1.40. The molecule has 2 aliphatic heterocycles. The normalized spacial score (nSPS) is 26.0. The van der Waals surface area contributed by atoms with Gasteiger partial charge in [-0.25, -0.2) is 9.67 Å². The highest BCUT2D eigenvalue weighted by Gasteiger charge is 2.47. The van der Waals surface area contributed by atoms with Crippen LogP contribution in [-0.4, -0.2) is 36.5 Å². The second-order valence-electron chi connectivity index (χ2n) is 7.44. The lowest BCUT2D eigenvalue weighted by Gasteiger charge is -2.45. The minimum absolute atomic E-state index is 0.163. The smallest absolute Gasteiger partial charge is 0.185 e. The number of hydrogen-bond acceptors (Lipinski definition) is 6. The molecular weight excluding hydrogens is 340 g/mol. The summed E-state index contributed by atoms with van der Waals surface area (Å²) >= 11 is 0. The fraction of sp³-hybridized carbons (Fsp3) is 0.368. The molecule has 27 heavy (non-hydrogen) atoms. The van der Waals surface area contributed by atoms with Crippen LogP contribution in [0.1, 0.15) is 37.4 Å². The Hall–Kier alpha value is -3.16. The molecular formula is C19H20N8. The van der Waals surface area contributed by atoms with Crippen molar-refractivity contribution in [2.75, 3.05) is 4.90 Å². The zero-order valence-electron chi connectivity index (χ0n) is 14.8. The van der Waals surface area contributed by atoms with E-state index in [-0.39, 0.29) is 6.17 Å². The van der Waals surface area contributed by atoms with E-state index in [2.05, 4.69) is 35.3 Å². The Labute approximate surface area is 156 Å². The molecule has 1 aliphatic carbocycles. The standard InChI is InChI=1S/C19H20N8/c1-2-6-13(7-3-1)26-11-15(21-24-26)19-23-22-18-14-8-4-5-9-16(14)25-12-20-10-17(25)27(18)19/h1-3,6-7,10-12,14,16,18,22H,4-5,8-9H2. The highest BCUT2D eigenvalue weighted by Crippen LogP contribution is 2.45. The van der Waals surface area contributed by atoms with Gasteiger partial charge in [0.15, 0.2) is 11.5 Å². The molecule has 3 aliphatic rings. The van der Waals surface area contributed by atoms with Crippen LogP contribution < -0.4 is 10.3 Å². The number of nitrogens with zero attached hydrogens (tertiary/aromatic N) is 7. The zero-order valence-corrected chi connectivity index (χ0v) is 14.8. The molecule has 0 bridgehead atoms. The van der Waals surface area contributed by atoms with E-state index < -0.39 is 0 Å². The van der Waals surface area contributed by atoms with E-state index in [1.807, 2.05) is 49.1 Å². The van der Waals surface area contributed by atoms with Crippen LogP contribution in [0.3, 0.4) is 0 Å². The zero-order chi connectivity index (χ0) is 17.8. The predicted molar refractivity (Wildman–Crippen MR) is 101 cm³/mol. The lowest BCUT2D eigenvalue weighted by Crippen LogP contribution is -2.53. The molecule has 0 radical (unpaired) electrons. The molecule has 1 saturated carbocycles. The van der Waals surface area contributed by atoms with Crippen molar-refractivity contribution in [1.82, 2.24) is 30.0 Å². The summed E-state index contributed by atoms with van der Waals surface area (Å²) in [6.45, 7) is 0. The van der Waals surface area contributed by atoms with E-state index in [0.29, 0.717) is 12.0 Å². The van der Waals surface area contributed by atoms with Gasteiger partial charge in [-0.3, -0.25) is 10.3 Å². The third kappa shape index (κ3) is 2.16. The van der Waals surface area contributed by atoms with E-state index in [9.17, 15) is 0 Å². The lowest BCUT2D eigenvalue weighted by atomic mass is 9.80. The van der Waals surface area contributed by atoms with E-state index in [1.165, 1.54) is 25.7 Å². The quantitative estimate of drug-likeness (QED) is 0.759. The molecule has 3 aromatic rings. The molecule has 4 heterocycles. The predicted octanol–water partition coefficient (Wildman–Crippen LogP) is 2.31. The van der Waals surface area contributed by atoms with Gasteiger partial charge in [-0.15, -0.1) is 5.10 Å². The molecule has 8 heteroatoms. The summed E-state index contributed by atoms with van der Waals surface area (Å²) in [5, 5.41) is 13.4. The Morgan fingerprint density at radius 3 is 2.89 bits per heavy atom. The summed E-state index contributed by atoms with van der Waals surface area (Å²) in [5.41, 5.74) is 5.12. The first-order chi connectivity index (χ1) is 13.4. The van der Waals surface area contributed by atoms with Crippen LogP contribution in [0.4, 0.5) is 5.82 Å². The summed E-state index contributed by atoms with van der Waals surface area (Å²) in [6.07, 6.45) is 11.0. The van der Waals surface area contributed by atoms with Crippen LogP contribution >= 0.6 is 0 Å². The number of benzene rings is 1. The molecule has 0 spiro atoms. The van der Waals surface area contributed by atoms with Gasteiger partial charge in [0, 0.05) is 12.0 Å². The van der Waals surface area contributed by atoms with Crippen LogP contribution in [0.2, 0.25) is 0 Å². The molecule has 2 aromatic heterocycles. The number of hydrogen-bond donors (Lipinski definition) is 1. The van der Waals surface area contributed by atoms with E-state index in [1.54, 1.807) is 4.68 Å². The van der Waals surface area contributed by atoms with Crippen LogP contribution in [0.15, 0.2) is 54.2 Å². The second kappa shape index (κ2) is 5.67. The third-order valence-electron chi connectivity index (χ3n) is 5.99. The molecule has 0 amide bonds. The van der Waals surface area contributed by atoms with Crippen molar-refractivity contribution in [3.63, 3.8) is 0 Å². The third-order valence-corrected chi connectivity index (χ3v) is 5.99. The van der Waals surface area contributed by atoms with Gasteiger partial charge in [0.05, 0.1) is 24.4 Å². The summed E-state index contributed by atoms with van der Waals surface area (Å²) < 4.78 is 4.11. The van der Waals surface area contributed by atoms with E-state index in [4.69, 9.17) is 0 Å². The molecule has 8 nitrogen and oxygen atoms in total. The summed E-state index contributed by atoms with van der Waals surface area (Å²) in [7, 11) is 0. The Kier molecular flexibility index (Phi) is 3.14. The number of fused-ring (bicyclic) bond motifs is 6. The van der Waals surface area contributed by atoms with Crippen molar-refractivity contribution in [2.24, 2.45) is 11.0 Å². The van der Waals surface area contributed by atoms with Gasteiger partial charge in [-0.1, -0.05) is 36.3 Å². The Bertz CT molecular complexity index is 1000. The van der Waals surface area contributed by atoms with Crippen LogP contribution in [0, 0.1) is 5.92 Å². The van der Waals surface area contributed by atoms with Crippen molar-refractivity contribution in [2.45, 2.75) is 37.9 Å². The average Bonchev–Trinajstić information content (AvgIpc) is 3.46. The van der Waals surface area contributed by atoms with E-state index >= 15 is 0 Å². The number of para-hydroxylation sites is 1. The fourth-order valence-corrected chi connectivity index (χ4v) is 4.76. The number of aromatic nitrogens is 5. The molecule has 0 saturated heterocycles. The van der Waals surface area contributed by atoms with Gasteiger partial charge in [-0.2, -0.15) is 5.10 Å². The molecule has 3 atom stereocenters. The minimum atomic E-state index is 0.163. The van der Waals surface area contributed by atoms with Crippen LogP contribution in [-0.2, 0) is 0 Å². The number of amidine groups is 1. The second-order valence-corrected chi connectivity index (χ2v) is 7.44. The molecule has 1 fully saturated rings. The van der Waals surface area contributed by atoms with Gasteiger partial charge in [-0.05, 0) is 25.0 Å². The van der Waals surface area contributed by atoms with Gasteiger partial charge in [0.1, 0.15) is 12.0 Å².